The van der Waals surface area contributed by atoms with Crippen molar-refractivity contribution in [1.82, 2.24) is 0 Å². The molecule has 0 aliphatic rings. The molecule has 0 radical (unpaired) electrons. The Hall–Kier alpha value is -2.44. The Bertz CT molecular complexity index is 980. The lowest BCUT2D eigenvalue weighted by molar-refractivity contribution is 0.103. The van der Waals surface area contributed by atoms with E-state index in [1.807, 2.05) is 31.5 Å². The van der Waals surface area contributed by atoms with Crippen molar-refractivity contribution in [3.63, 3.8) is 0 Å². The van der Waals surface area contributed by atoms with Crippen molar-refractivity contribution in [3.8, 4) is 0 Å². The van der Waals surface area contributed by atoms with Gasteiger partial charge in [0.15, 0.2) is 5.78 Å². The molecule has 0 saturated carbocycles. The monoisotopic (exact) mass is 451 g/mol. The Morgan fingerprint density at radius 2 is 1.50 bits per heavy atom. The quantitative estimate of drug-likeness (QED) is 0.315. The van der Waals surface area contributed by atoms with Crippen LogP contribution in [-0.2, 0) is 0 Å². The summed E-state index contributed by atoms with van der Waals surface area (Å²) >= 11 is 11.3. The van der Waals surface area contributed by atoms with E-state index in [0.717, 1.165) is 11.1 Å². The Morgan fingerprint density at radius 1 is 0.933 bits per heavy atom. The fraction of sp³-hybridized carbons (Fsp3) is 0.174. The van der Waals surface area contributed by atoms with Crippen LogP contribution in [0.15, 0.2) is 60.7 Å². The van der Waals surface area contributed by atoms with Crippen LogP contribution in [0.5, 0.6) is 0 Å². The average Bonchev–Trinajstić information content (AvgIpc) is 2.72. The largest absolute Gasteiger partial charge is 0.397 e. The highest BCUT2D eigenvalue weighted by Crippen LogP contribution is 2.22. The summed E-state index contributed by atoms with van der Waals surface area (Å²) in [6, 6.07) is 16.2. The van der Waals surface area contributed by atoms with Gasteiger partial charge in [0.2, 0.25) is 0 Å². The fourth-order valence-electron chi connectivity index (χ4n) is 2.34. The topological polar surface area (TPSA) is 69.6 Å². The lowest BCUT2D eigenvalue weighted by atomic mass is 9.99. The van der Waals surface area contributed by atoms with Gasteiger partial charge >= 0.3 is 0 Å². The highest BCUT2D eigenvalue weighted by Gasteiger charge is 2.16. The van der Waals surface area contributed by atoms with Crippen LogP contribution in [0.3, 0.4) is 0 Å². The number of halogens is 3. The smallest absolute Gasteiger partial charge is 0.198 e. The first-order valence-electron chi connectivity index (χ1n) is 9.07. The number of rotatable bonds is 3. The third kappa shape index (κ3) is 7.76. The van der Waals surface area contributed by atoms with Crippen molar-refractivity contribution >= 4 is 34.7 Å². The molecule has 0 bridgehead atoms. The second-order valence-corrected chi connectivity index (χ2v) is 7.02. The molecule has 0 aliphatic carbocycles. The number of nitrogens with one attached hydrogen (secondary N) is 1. The molecule has 3 N–H and O–H groups in total. The minimum Gasteiger partial charge on any atom is -0.397 e. The van der Waals surface area contributed by atoms with Crippen molar-refractivity contribution in [1.29, 1.82) is 0 Å². The summed E-state index contributed by atoms with van der Waals surface area (Å²) in [6.07, 6.45) is 0. The number of hydrogen-bond acceptors (Lipinski definition) is 4. The number of aliphatic hydroxyl groups is 1. The molecule has 3 rings (SSSR count). The van der Waals surface area contributed by atoms with Gasteiger partial charge in [-0.3, -0.25) is 15.5 Å². The highest BCUT2D eigenvalue weighted by molar-refractivity contribution is 6.42. The zero-order valence-corrected chi connectivity index (χ0v) is 18.4. The van der Waals surface area contributed by atoms with Crippen LogP contribution in [0.4, 0.5) is 10.1 Å². The summed E-state index contributed by atoms with van der Waals surface area (Å²) in [5.41, 5.74) is 4.42. The van der Waals surface area contributed by atoms with Gasteiger partial charge in [-0.05, 0) is 62.7 Å². The molecule has 0 aromatic heterocycles. The first-order chi connectivity index (χ1) is 14.2. The Balaban J connectivity index is 0.000000313. The van der Waals surface area contributed by atoms with Gasteiger partial charge in [-0.15, -0.1) is 0 Å². The highest BCUT2D eigenvalue weighted by atomic mass is 35.5. The van der Waals surface area contributed by atoms with Gasteiger partial charge in [0, 0.05) is 12.2 Å². The summed E-state index contributed by atoms with van der Waals surface area (Å²) in [6.45, 7) is 5.72. The number of anilines is 1. The predicted molar refractivity (Wildman–Crippen MR) is 120 cm³/mol. The number of carbonyl (C=O) groups excluding carboxylic acids is 1. The van der Waals surface area contributed by atoms with Crippen LogP contribution in [-0.4, -0.2) is 22.7 Å². The molecule has 0 aliphatic heterocycles. The minimum absolute atomic E-state index is 0.0143. The average molecular weight is 452 g/mol. The number of aryl methyl sites for hydroxylation is 2. The molecular formula is C23H24Cl2FNO3. The van der Waals surface area contributed by atoms with Gasteiger partial charge < -0.3 is 5.11 Å². The van der Waals surface area contributed by atoms with Crippen LogP contribution in [0.25, 0.3) is 0 Å². The van der Waals surface area contributed by atoms with Crippen LogP contribution in [0.1, 0.15) is 34.0 Å². The number of aliphatic hydroxyl groups excluding tert-OH is 1. The number of carbonyl (C=O) groups is 1. The molecule has 0 unspecified atom stereocenters. The molecule has 0 spiro atoms. The minimum atomic E-state index is -0.576. The Morgan fingerprint density at radius 3 is 2.03 bits per heavy atom. The second-order valence-electron chi connectivity index (χ2n) is 6.20. The molecule has 4 nitrogen and oxygen atoms in total. The summed E-state index contributed by atoms with van der Waals surface area (Å²) in [4.78, 5) is 12.2. The van der Waals surface area contributed by atoms with Gasteiger partial charge in [-0.1, -0.05) is 53.0 Å². The van der Waals surface area contributed by atoms with Crippen molar-refractivity contribution < 1.29 is 19.5 Å². The van der Waals surface area contributed by atoms with Crippen molar-refractivity contribution in [2.75, 3.05) is 12.1 Å². The number of benzene rings is 3. The summed E-state index contributed by atoms with van der Waals surface area (Å²) in [7, 11) is 0. The molecule has 0 amide bonds. The van der Waals surface area contributed by atoms with Gasteiger partial charge in [-0.2, -0.15) is 0 Å². The maximum Gasteiger partial charge on any atom is 0.198 e. The third-order valence-corrected chi connectivity index (χ3v) is 4.47. The van der Waals surface area contributed by atoms with Gasteiger partial charge in [-0.25, -0.2) is 4.39 Å². The van der Waals surface area contributed by atoms with Crippen molar-refractivity contribution in [2.45, 2.75) is 20.8 Å². The lowest BCUT2D eigenvalue weighted by Crippen LogP contribution is -2.08. The van der Waals surface area contributed by atoms with Crippen LogP contribution >= 0.6 is 23.2 Å². The van der Waals surface area contributed by atoms with E-state index in [9.17, 15) is 9.18 Å². The lowest BCUT2D eigenvalue weighted by Gasteiger charge is -2.09. The predicted octanol–water partition coefficient (Wildman–Crippen LogP) is 6.47. The SMILES string of the molecule is CCO.Cc1ccc(Cl)c(Cl)c1.Cc1ccc(NO)c(C(=O)c2ccccc2F)c1. The molecule has 3 aromatic rings. The van der Waals surface area contributed by atoms with E-state index in [1.54, 1.807) is 37.3 Å². The second kappa shape index (κ2) is 13.0. The van der Waals surface area contributed by atoms with Crippen LogP contribution in [0, 0.1) is 19.7 Å². The standard InChI is InChI=1S/C14H12FNO2.C7H6Cl2.C2H6O/c1-9-6-7-13(16-18)11(8-9)14(17)10-4-2-3-5-12(10)15;1-5-2-3-6(8)7(9)4-5;1-2-3/h2-8,16,18H,1H3;2-4H,1H3;3H,2H2,1H3. The molecular weight excluding hydrogens is 428 g/mol. The number of hydrogen-bond donors (Lipinski definition) is 3. The van der Waals surface area contributed by atoms with Gasteiger partial charge in [0.1, 0.15) is 5.82 Å². The molecule has 30 heavy (non-hydrogen) atoms. The van der Waals surface area contributed by atoms with Crippen LogP contribution < -0.4 is 5.48 Å². The van der Waals surface area contributed by atoms with Crippen molar-refractivity contribution in [2.24, 2.45) is 0 Å². The molecule has 7 heteroatoms. The van der Waals surface area contributed by atoms with E-state index in [4.69, 9.17) is 33.5 Å². The van der Waals surface area contributed by atoms with E-state index in [0.29, 0.717) is 10.0 Å². The first-order valence-corrected chi connectivity index (χ1v) is 9.83. The van der Waals surface area contributed by atoms with E-state index in [1.165, 1.54) is 18.2 Å². The zero-order chi connectivity index (χ0) is 22.7. The van der Waals surface area contributed by atoms with Gasteiger partial charge in [0.25, 0.3) is 0 Å². The summed E-state index contributed by atoms with van der Waals surface area (Å²) in [5, 5.41) is 17.8. The third-order valence-electron chi connectivity index (χ3n) is 3.73. The number of ketones is 1. The Kier molecular flexibility index (Phi) is 11.1. The van der Waals surface area contributed by atoms with E-state index in [2.05, 4.69) is 0 Å². The maximum absolute atomic E-state index is 13.6. The molecule has 0 atom stereocenters. The summed E-state index contributed by atoms with van der Waals surface area (Å²) in [5.74, 6) is -1.04. The maximum atomic E-state index is 13.6. The van der Waals surface area contributed by atoms with E-state index >= 15 is 0 Å². The van der Waals surface area contributed by atoms with Gasteiger partial charge in [0.05, 0.1) is 21.3 Å². The molecule has 0 heterocycles. The summed E-state index contributed by atoms with van der Waals surface area (Å²) < 4.78 is 13.6. The van der Waals surface area contributed by atoms with Crippen molar-refractivity contribution in [3.05, 3.63) is 98.8 Å². The molecule has 160 valence electrons. The fourth-order valence-corrected chi connectivity index (χ4v) is 2.69. The zero-order valence-electron chi connectivity index (χ0n) is 16.9. The normalized spacial score (nSPS) is 9.60. The molecule has 0 saturated heterocycles. The van der Waals surface area contributed by atoms with Crippen LogP contribution in [0.2, 0.25) is 10.0 Å². The van der Waals surface area contributed by atoms with E-state index < -0.39 is 11.6 Å². The molecule has 3 aromatic carbocycles. The first kappa shape index (κ1) is 25.6. The molecule has 0 fully saturated rings. The van der Waals surface area contributed by atoms with E-state index in [-0.39, 0.29) is 23.4 Å². The Labute approximate surface area is 185 Å².